The minimum atomic E-state index is -0.485. The molecule has 0 unspecified atom stereocenters. The molecular formula is C23H22FN3O4. The van der Waals surface area contributed by atoms with E-state index in [0.29, 0.717) is 31.5 Å². The van der Waals surface area contributed by atoms with E-state index < -0.39 is 11.7 Å². The lowest BCUT2D eigenvalue weighted by molar-refractivity contribution is -0.137. The van der Waals surface area contributed by atoms with Crippen LogP contribution >= 0.6 is 0 Å². The molecule has 1 aromatic heterocycles. The van der Waals surface area contributed by atoms with Crippen molar-refractivity contribution in [1.82, 2.24) is 9.47 Å². The topological polar surface area (TPSA) is 75.8 Å². The van der Waals surface area contributed by atoms with E-state index in [2.05, 4.69) is 0 Å². The Morgan fingerprint density at radius 1 is 1.00 bits per heavy atom. The number of halogens is 1. The highest BCUT2D eigenvalue weighted by Crippen LogP contribution is 2.31. The molecule has 0 spiro atoms. The number of likely N-dealkylation sites (tertiary alicyclic amines) is 1. The molecule has 5 rings (SSSR count). The Morgan fingerprint density at radius 2 is 1.71 bits per heavy atom. The predicted octanol–water partition coefficient (Wildman–Crippen LogP) is 2.95. The Hall–Kier alpha value is -3.42. The number of fused-ring (bicyclic) bond motifs is 1. The standard InChI is InChI=1S/C23H22FN3O4/c24-17-5-1-2-6-18(17)26-14-15(13-21(26)28)22(29)25-11-9-16(10-12-25)27-19-7-3-4-8-20(19)31-23(27)30/h1-8,15-16H,9-14H2/t15-/m0/s1. The number of benzene rings is 2. The van der Waals surface area contributed by atoms with Gasteiger partial charge in [0.1, 0.15) is 5.82 Å². The first-order valence-electron chi connectivity index (χ1n) is 10.5. The van der Waals surface area contributed by atoms with Crippen molar-refractivity contribution in [3.8, 4) is 0 Å². The van der Waals surface area contributed by atoms with E-state index in [0.717, 1.165) is 5.52 Å². The SMILES string of the molecule is O=C([C@H]1CC(=O)N(c2ccccc2F)C1)N1CCC(n2c(=O)oc3ccccc32)CC1. The maximum absolute atomic E-state index is 14.1. The van der Waals surface area contributed by atoms with Crippen molar-refractivity contribution in [2.75, 3.05) is 24.5 Å². The highest BCUT2D eigenvalue weighted by molar-refractivity contribution is 6.00. The van der Waals surface area contributed by atoms with Crippen molar-refractivity contribution >= 4 is 28.6 Å². The maximum Gasteiger partial charge on any atom is 0.420 e. The van der Waals surface area contributed by atoms with Gasteiger partial charge in [0, 0.05) is 32.1 Å². The zero-order valence-corrected chi connectivity index (χ0v) is 16.9. The quantitative estimate of drug-likeness (QED) is 0.649. The minimum absolute atomic E-state index is 0.0414. The second-order valence-electron chi connectivity index (χ2n) is 8.12. The third kappa shape index (κ3) is 3.41. The summed E-state index contributed by atoms with van der Waals surface area (Å²) in [5.74, 6) is -1.67. The van der Waals surface area contributed by atoms with Gasteiger partial charge in [0.15, 0.2) is 5.58 Å². The summed E-state index contributed by atoms with van der Waals surface area (Å²) >= 11 is 0. The van der Waals surface area contributed by atoms with Crippen molar-refractivity contribution in [3.05, 3.63) is 64.9 Å². The van der Waals surface area contributed by atoms with E-state index in [9.17, 15) is 18.8 Å². The first-order valence-corrected chi connectivity index (χ1v) is 10.5. The molecule has 2 saturated heterocycles. The van der Waals surface area contributed by atoms with Crippen LogP contribution < -0.4 is 10.7 Å². The summed E-state index contributed by atoms with van der Waals surface area (Å²) in [7, 11) is 0. The van der Waals surface area contributed by atoms with Crippen LogP contribution in [0.1, 0.15) is 25.3 Å². The largest absolute Gasteiger partial charge is 0.420 e. The number of nitrogens with zero attached hydrogens (tertiary/aromatic N) is 3. The number of piperidine rings is 1. The van der Waals surface area contributed by atoms with Gasteiger partial charge >= 0.3 is 5.76 Å². The fraction of sp³-hybridized carbons (Fsp3) is 0.348. The van der Waals surface area contributed by atoms with Gasteiger partial charge in [0.05, 0.1) is 17.1 Å². The molecule has 0 radical (unpaired) electrons. The zero-order chi connectivity index (χ0) is 21.5. The Labute approximate surface area is 177 Å². The normalized spacial score (nSPS) is 20.0. The van der Waals surface area contributed by atoms with Gasteiger partial charge in [0.2, 0.25) is 11.8 Å². The van der Waals surface area contributed by atoms with Crippen LogP contribution in [-0.4, -0.2) is 40.9 Å². The molecule has 0 N–H and O–H groups in total. The van der Waals surface area contributed by atoms with Crippen LogP contribution in [0.3, 0.4) is 0 Å². The summed E-state index contributed by atoms with van der Waals surface area (Å²) in [6.45, 7) is 1.18. The van der Waals surface area contributed by atoms with Crippen molar-refractivity contribution in [1.29, 1.82) is 0 Å². The fourth-order valence-corrected chi connectivity index (χ4v) is 4.71. The lowest BCUT2D eigenvalue weighted by Gasteiger charge is -2.33. The molecule has 2 amide bonds. The number of anilines is 1. The van der Waals surface area contributed by atoms with Gasteiger partial charge in [-0.2, -0.15) is 0 Å². The number of carbonyl (C=O) groups excluding carboxylic acids is 2. The summed E-state index contributed by atoms with van der Waals surface area (Å²) in [5.41, 5.74) is 1.54. The van der Waals surface area contributed by atoms with E-state index in [-0.39, 0.29) is 42.3 Å². The summed E-state index contributed by atoms with van der Waals surface area (Å²) in [6, 6.07) is 13.4. The first-order chi connectivity index (χ1) is 15.0. The molecule has 0 bridgehead atoms. The van der Waals surface area contributed by atoms with E-state index in [4.69, 9.17) is 4.42 Å². The highest BCUT2D eigenvalue weighted by atomic mass is 19.1. The summed E-state index contributed by atoms with van der Waals surface area (Å²) in [5, 5.41) is 0. The number of hydrogen-bond acceptors (Lipinski definition) is 4. The van der Waals surface area contributed by atoms with Crippen LogP contribution in [0.5, 0.6) is 0 Å². The minimum Gasteiger partial charge on any atom is -0.408 e. The number of rotatable bonds is 3. The van der Waals surface area contributed by atoms with Gasteiger partial charge in [-0.1, -0.05) is 24.3 Å². The van der Waals surface area contributed by atoms with Gasteiger partial charge < -0.3 is 14.2 Å². The maximum atomic E-state index is 14.1. The zero-order valence-electron chi connectivity index (χ0n) is 16.9. The first kappa shape index (κ1) is 19.5. The predicted molar refractivity (Wildman–Crippen MR) is 112 cm³/mol. The van der Waals surface area contributed by atoms with Gasteiger partial charge in [-0.25, -0.2) is 9.18 Å². The van der Waals surface area contributed by atoms with Gasteiger partial charge in [-0.15, -0.1) is 0 Å². The molecule has 1 atom stereocenters. The summed E-state index contributed by atoms with van der Waals surface area (Å²) in [4.78, 5) is 40.9. The van der Waals surface area contributed by atoms with Crippen LogP contribution in [0, 0.1) is 11.7 Å². The van der Waals surface area contributed by atoms with Gasteiger partial charge in [0.25, 0.3) is 0 Å². The number of hydrogen-bond donors (Lipinski definition) is 0. The molecule has 2 fully saturated rings. The van der Waals surface area contributed by atoms with Crippen LogP contribution in [0.25, 0.3) is 11.1 Å². The molecule has 2 aliphatic heterocycles. The van der Waals surface area contributed by atoms with Gasteiger partial charge in [-0.05, 0) is 37.1 Å². The molecule has 8 heteroatoms. The van der Waals surface area contributed by atoms with Crippen molar-refractivity contribution in [2.45, 2.75) is 25.3 Å². The molecule has 2 aromatic carbocycles. The monoisotopic (exact) mass is 423 g/mol. The van der Waals surface area contributed by atoms with Crippen molar-refractivity contribution in [3.63, 3.8) is 0 Å². The molecule has 3 heterocycles. The van der Waals surface area contributed by atoms with Gasteiger partial charge in [-0.3, -0.25) is 14.2 Å². The van der Waals surface area contributed by atoms with Crippen LogP contribution in [0.15, 0.2) is 57.7 Å². The molecular weight excluding hydrogens is 401 g/mol. The summed E-state index contributed by atoms with van der Waals surface area (Å²) < 4.78 is 21.1. The average molecular weight is 423 g/mol. The summed E-state index contributed by atoms with van der Waals surface area (Å²) in [6.07, 6.45) is 1.35. The van der Waals surface area contributed by atoms with Crippen LogP contribution in [0.4, 0.5) is 10.1 Å². The Bertz CT molecular complexity index is 1210. The third-order valence-corrected chi connectivity index (χ3v) is 6.28. The van der Waals surface area contributed by atoms with Crippen LogP contribution in [-0.2, 0) is 9.59 Å². The smallest absolute Gasteiger partial charge is 0.408 e. The third-order valence-electron chi connectivity index (χ3n) is 6.28. The Morgan fingerprint density at radius 3 is 2.48 bits per heavy atom. The lowest BCUT2D eigenvalue weighted by atomic mass is 10.0. The second-order valence-corrected chi connectivity index (χ2v) is 8.12. The number of para-hydroxylation sites is 3. The number of carbonyl (C=O) groups is 2. The molecule has 31 heavy (non-hydrogen) atoms. The Balaban J connectivity index is 1.26. The van der Waals surface area contributed by atoms with Crippen LogP contribution in [0.2, 0.25) is 0 Å². The highest BCUT2D eigenvalue weighted by Gasteiger charge is 2.39. The molecule has 7 nitrogen and oxygen atoms in total. The van der Waals surface area contributed by atoms with E-state index in [1.807, 2.05) is 18.2 Å². The van der Waals surface area contributed by atoms with E-state index in [1.165, 1.54) is 11.0 Å². The fourth-order valence-electron chi connectivity index (χ4n) is 4.71. The van der Waals surface area contributed by atoms with E-state index >= 15 is 0 Å². The number of amides is 2. The average Bonchev–Trinajstić information content (AvgIpc) is 3.33. The molecule has 160 valence electrons. The molecule has 0 saturated carbocycles. The number of oxazole rings is 1. The Kier molecular flexibility index (Phi) is 4.84. The number of aromatic nitrogens is 1. The lowest BCUT2D eigenvalue weighted by Crippen LogP contribution is -2.43. The second kappa shape index (κ2) is 7.68. The molecule has 2 aliphatic rings. The van der Waals surface area contributed by atoms with Crippen molar-refractivity contribution < 1.29 is 18.4 Å². The molecule has 0 aliphatic carbocycles. The van der Waals surface area contributed by atoms with E-state index in [1.54, 1.807) is 33.7 Å². The van der Waals surface area contributed by atoms with Crippen molar-refractivity contribution in [2.24, 2.45) is 5.92 Å². The molecule has 3 aromatic rings.